The summed E-state index contributed by atoms with van der Waals surface area (Å²) in [6, 6.07) is 4.14. The molecule has 2 fully saturated rings. The number of halogens is 1. The predicted octanol–water partition coefficient (Wildman–Crippen LogP) is 8.18. The minimum absolute atomic E-state index is 0.615. The molecule has 0 spiro atoms. The van der Waals surface area contributed by atoms with Crippen LogP contribution in [0.15, 0.2) is 18.3 Å². The average molecular weight is 376 g/mol. The number of pyridine rings is 1. The summed E-state index contributed by atoms with van der Waals surface area (Å²) in [5.41, 5.74) is 1.40. The van der Waals surface area contributed by atoms with Gasteiger partial charge in [0.25, 0.3) is 0 Å². The van der Waals surface area contributed by atoms with Crippen molar-refractivity contribution in [2.75, 3.05) is 0 Å². The van der Waals surface area contributed by atoms with Crippen LogP contribution in [0, 0.1) is 17.8 Å². The fourth-order valence-corrected chi connectivity index (χ4v) is 5.65. The smallest absolute Gasteiger partial charge is 0.129 e. The molecule has 26 heavy (non-hydrogen) atoms. The minimum atomic E-state index is 0.615. The highest BCUT2D eigenvalue weighted by Gasteiger charge is 2.31. The Morgan fingerprint density at radius 1 is 0.846 bits per heavy atom. The lowest BCUT2D eigenvalue weighted by Crippen LogP contribution is -2.25. The van der Waals surface area contributed by atoms with Gasteiger partial charge in [-0.3, -0.25) is 0 Å². The molecule has 1 aromatic rings. The van der Waals surface area contributed by atoms with Gasteiger partial charge in [0.2, 0.25) is 0 Å². The van der Waals surface area contributed by atoms with Crippen LogP contribution in [0.3, 0.4) is 0 Å². The fraction of sp³-hybridized carbons (Fsp3) is 0.792. The van der Waals surface area contributed by atoms with Crippen LogP contribution in [0.25, 0.3) is 0 Å². The van der Waals surface area contributed by atoms with Crippen LogP contribution in [-0.2, 0) is 0 Å². The summed E-state index contributed by atoms with van der Waals surface area (Å²) in [4.78, 5) is 4.28. The van der Waals surface area contributed by atoms with E-state index >= 15 is 0 Å². The largest absolute Gasteiger partial charge is 0.244 e. The van der Waals surface area contributed by atoms with E-state index in [1.807, 2.05) is 12.3 Å². The van der Waals surface area contributed by atoms with E-state index in [-0.39, 0.29) is 0 Å². The zero-order valence-electron chi connectivity index (χ0n) is 16.8. The monoisotopic (exact) mass is 375 g/mol. The van der Waals surface area contributed by atoms with E-state index in [4.69, 9.17) is 11.6 Å². The molecule has 1 aromatic heterocycles. The Balaban J connectivity index is 1.34. The molecule has 0 N–H and O–H groups in total. The maximum Gasteiger partial charge on any atom is 0.129 e. The van der Waals surface area contributed by atoms with Gasteiger partial charge < -0.3 is 0 Å². The molecule has 2 saturated carbocycles. The van der Waals surface area contributed by atoms with Crippen molar-refractivity contribution >= 4 is 11.6 Å². The van der Waals surface area contributed by atoms with E-state index < -0.39 is 0 Å². The molecule has 3 rings (SSSR count). The molecule has 2 aliphatic carbocycles. The van der Waals surface area contributed by atoms with Crippen LogP contribution < -0.4 is 0 Å². The highest BCUT2D eigenvalue weighted by atomic mass is 35.5. The highest BCUT2D eigenvalue weighted by Crippen LogP contribution is 2.44. The normalized spacial score (nSPS) is 29.6. The first kappa shape index (κ1) is 20.2. The summed E-state index contributed by atoms with van der Waals surface area (Å²) in [5.74, 6) is 3.78. The van der Waals surface area contributed by atoms with Crippen molar-refractivity contribution in [3.8, 4) is 0 Å². The number of rotatable bonds is 8. The fourth-order valence-electron chi connectivity index (χ4n) is 5.54. The number of unbranched alkanes of at least 4 members (excludes halogenated alkanes) is 4. The molecular formula is C24H38ClN. The third-order valence-electron chi connectivity index (χ3n) is 7.27. The van der Waals surface area contributed by atoms with E-state index in [0.29, 0.717) is 5.15 Å². The summed E-state index contributed by atoms with van der Waals surface area (Å²) in [7, 11) is 0. The molecule has 1 heterocycles. The zero-order valence-corrected chi connectivity index (χ0v) is 17.5. The van der Waals surface area contributed by atoms with Gasteiger partial charge in [0.1, 0.15) is 5.15 Å². The van der Waals surface area contributed by atoms with E-state index in [1.165, 1.54) is 95.5 Å². The van der Waals surface area contributed by atoms with Gasteiger partial charge in [-0.2, -0.15) is 0 Å². The maximum absolute atomic E-state index is 5.93. The Hall–Kier alpha value is -0.560. The molecule has 0 unspecified atom stereocenters. The molecule has 0 radical (unpaired) electrons. The SMILES string of the molecule is CCCCCCCC1CCC(C2CCC(c3ccc(Cl)nc3)CC2)CC1. The van der Waals surface area contributed by atoms with Gasteiger partial charge in [-0.05, 0) is 73.8 Å². The zero-order chi connectivity index (χ0) is 18.2. The van der Waals surface area contributed by atoms with Crippen LogP contribution in [0.5, 0.6) is 0 Å². The highest BCUT2D eigenvalue weighted by molar-refractivity contribution is 6.29. The van der Waals surface area contributed by atoms with Crippen LogP contribution >= 0.6 is 11.6 Å². The van der Waals surface area contributed by atoms with Crippen molar-refractivity contribution in [3.05, 3.63) is 29.0 Å². The summed E-state index contributed by atoms with van der Waals surface area (Å²) in [6.07, 6.45) is 22.3. The second-order valence-electron chi connectivity index (χ2n) is 9.01. The van der Waals surface area contributed by atoms with Crippen molar-refractivity contribution in [2.45, 2.75) is 103 Å². The Labute approximate surface area is 166 Å². The van der Waals surface area contributed by atoms with Crippen molar-refractivity contribution in [3.63, 3.8) is 0 Å². The molecule has 0 atom stereocenters. The molecule has 0 saturated heterocycles. The lowest BCUT2D eigenvalue weighted by Gasteiger charge is -2.38. The lowest BCUT2D eigenvalue weighted by molar-refractivity contribution is 0.155. The Bertz CT molecular complexity index is 495. The van der Waals surface area contributed by atoms with Crippen LogP contribution in [0.4, 0.5) is 0 Å². The van der Waals surface area contributed by atoms with Gasteiger partial charge in [0, 0.05) is 6.20 Å². The number of aromatic nitrogens is 1. The van der Waals surface area contributed by atoms with Crippen molar-refractivity contribution in [1.82, 2.24) is 4.98 Å². The minimum Gasteiger partial charge on any atom is -0.244 e. The summed E-state index contributed by atoms with van der Waals surface area (Å²) in [5, 5.41) is 0.615. The Kier molecular flexibility index (Phi) is 8.30. The first-order valence-corrected chi connectivity index (χ1v) is 11.8. The van der Waals surface area contributed by atoms with Gasteiger partial charge >= 0.3 is 0 Å². The Morgan fingerprint density at radius 3 is 2.12 bits per heavy atom. The standard InChI is InChI=1S/C24H38ClN/c1-2-3-4-5-6-7-19-8-10-20(11-9-19)21-12-14-22(15-13-21)23-16-17-24(25)26-18-23/h16-22H,2-15H2,1H3. The molecule has 0 aromatic carbocycles. The van der Waals surface area contributed by atoms with E-state index in [0.717, 1.165) is 23.7 Å². The topological polar surface area (TPSA) is 12.9 Å². The van der Waals surface area contributed by atoms with Crippen molar-refractivity contribution in [1.29, 1.82) is 0 Å². The molecule has 2 heteroatoms. The van der Waals surface area contributed by atoms with Crippen LogP contribution in [0.1, 0.15) is 108 Å². The second kappa shape index (κ2) is 10.7. The molecule has 0 amide bonds. The van der Waals surface area contributed by atoms with Gasteiger partial charge in [-0.25, -0.2) is 4.98 Å². The third-order valence-corrected chi connectivity index (χ3v) is 7.49. The molecule has 0 bridgehead atoms. The second-order valence-corrected chi connectivity index (χ2v) is 9.40. The molecule has 1 nitrogen and oxygen atoms in total. The molecule has 0 aliphatic heterocycles. The lowest BCUT2D eigenvalue weighted by atomic mass is 9.68. The summed E-state index contributed by atoms with van der Waals surface area (Å²) < 4.78 is 0. The van der Waals surface area contributed by atoms with Crippen molar-refractivity contribution < 1.29 is 0 Å². The van der Waals surface area contributed by atoms with Gasteiger partial charge in [-0.1, -0.05) is 76.0 Å². The van der Waals surface area contributed by atoms with Crippen LogP contribution in [-0.4, -0.2) is 4.98 Å². The maximum atomic E-state index is 5.93. The molecule has 146 valence electrons. The summed E-state index contributed by atoms with van der Waals surface area (Å²) in [6.45, 7) is 2.31. The number of nitrogens with zero attached hydrogens (tertiary/aromatic N) is 1. The van der Waals surface area contributed by atoms with E-state index in [2.05, 4.69) is 18.0 Å². The Morgan fingerprint density at radius 2 is 1.50 bits per heavy atom. The van der Waals surface area contributed by atoms with Crippen LogP contribution in [0.2, 0.25) is 5.15 Å². The average Bonchev–Trinajstić information content (AvgIpc) is 2.69. The number of hydrogen-bond donors (Lipinski definition) is 0. The van der Waals surface area contributed by atoms with Gasteiger partial charge in [-0.15, -0.1) is 0 Å². The van der Waals surface area contributed by atoms with E-state index in [9.17, 15) is 0 Å². The van der Waals surface area contributed by atoms with E-state index in [1.54, 1.807) is 0 Å². The molecule has 2 aliphatic rings. The quantitative estimate of drug-likeness (QED) is 0.329. The summed E-state index contributed by atoms with van der Waals surface area (Å²) >= 11 is 5.93. The number of hydrogen-bond acceptors (Lipinski definition) is 1. The first-order valence-electron chi connectivity index (χ1n) is 11.4. The van der Waals surface area contributed by atoms with Gasteiger partial charge in [0.15, 0.2) is 0 Å². The predicted molar refractivity (Wildman–Crippen MR) is 113 cm³/mol. The third kappa shape index (κ3) is 5.98. The van der Waals surface area contributed by atoms with Crippen molar-refractivity contribution in [2.24, 2.45) is 17.8 Å². The molecular weight excluding hydrogens is 338 g/mol. The first-order chi connectivity index (χ1) is 12.8. The van der Waals surface area contributed by atoms with Gasteiger partial charge in [0.05, 0.1) is 0 Å².